The van der Waals surface area contributed by atoms with Crippen LogP contribution in [0.4, 0.5) is 0 Å². The summed E-state index contributed by atoms with van der Waals surface area (Å²) in [4.78, 5) is 19.0. The number of halogens is 1. The zero-order valence-corrected chi connectivity index (χ0v) is 15.4. The van der Waals surface area contributed by atoms with Gasteiger partial charge in [0.05, 0.1) is 12.1 Å². The number of fused-ring (bicyclic) bond motifs is 1. The van der Waals surface area contributed by atoms with E-state index in [0.717, 1.165) is 42.6 Å². The second kappa shape index (κ2) is 7.32. The van der Waals surface area contributed by atoms with Crippen molar-refractivity contribution in [3.63, 3.8) is 0 Å². The van der Waals surface area contributed by atoms with Crippen molar-refractivity contribution in [2.75, 3.05) is 26.2 Å². The fourth-order valence-corrected chi connectivity index (χ4v) is 4.33. The van der Waals surface area contributed by atoms with Crippen LogP contribution in [0.5, 0.6) is 5.75 Å². The fourth-order valence-electron chi connectivity index (χ4n) is 3.50. The molecule has 1 aromatic heterocycles. The molecule has 2 aliphatic rings. The molecule has 1 amide bonds. The van der Waals surface area contributed by atoms with Crippen LogP contribution in [-0.4, -0.2) is 42.0 Å². The highest BCUT2D eigenvalue weighted by Gasteiger charge is 2.37. The maximum absolute atomic E-state index is 12.5. The Morgan fingerprint density at radius 2 is 2.00 bits per heavy atom. The van der Waals surface area contributed by atoms with E-state index in [0.29, 0.717) is 29.9 Å². The zero-order chi connectivity index (χ0) is 17.2. The molecule has 0 bridgehead atoms. The maximum Gasteiger partial charge on any atom is 0.228 e. The van der Waals surface area contributed by atoms with Crippen LogP contribution in [0.2, 0.25) is 5.02 Å². The number of nitrogens with zero attached hydrogens (tertiary/aromatic N) is 2. The summed E-state index contributed by atoms with van der Waals surface area (Å²) in [5.74, 6) is 2.20. The van der Waals surface area contributed by atoms with Crippen LogP contribution in [0.3, 0.4) is 0 Å². The largest absolute Gasteiger partial charge is 0.486 e. The van der Waals surface area contributed by atoms with Gasteiger partial charge in [0, 0.05) is 36.6 Å². The van der Waals surface area contributed by atoms with E-state index in [4.69, 9.17) is 16.3 Å². The van der Waals surface area contributed by atoms with E-state index in [1.165, 1.54) is 11.3 Å². The smallest absolute Gasteiger partial charge is 0.228 e. The summed E-state index contributed by atoms with van der Waals surface area (Å²) in [6.07, 6.45) is 0.379. The SMILES string of the molecule is O=C(Cc1csc(COc2ccc(Cl)cc2)n1)N1C[C@H]2CNC[C@H]2C1. The van der Waals surface area contributed by atoms with Crippen molar-refractivity contribution < 1.29 is 9.53 Å². The third kappa shape index (κ3) is 3.97. The first-order chi connectivity index (χ1) is 12.2. The van der Waals surface area contributed by atoms with Crippen molar-refractivity contribution >= 4 is 28.8 Å². The lowest BCUT2D eigenvalue weighted by Crippen LogP contribution is -2.33. The molecule has 25 heavy (non-hydrogen) atoms. The van der Waals surface area contributed by atoms with Gasteiger partial charge in [-0.15, -0.1) is 11.3 Å². The van der Waals surface area contributed by atoms with E-state index in [1.54, 1.807) is 12.1 Å². The minimum Gasteiger partial charge on any atom is -0.486 e. The Bertz CT molecular complexity index is 737. The molecular formula is C18H20ClN3O2S. The molecular weight excluding hydrogens is 358 g/mol. The van der Waals surface area contributed by atoms with Gasteiger partial charge < -0.3 is 15.0 Å². The Morgan fingerprint density at radius 3 is 2.72 bits per heavy atom. The minimum atomic E-state index is 0.185. The highest BCUT2D eigenvalue weighted by atomic mass is 35.5. The van der Waals surface area contributed by atoms with E-state index in [9.17, 15) is 4.79 Å². The lowest BCUT2D eigenvalue weighted by Gasteiger charge is -2.16. The van der Waals surface area contributed by atoms with E-state index >= 15 is 0 Å². The number of aromatic nitrogens is 1. The number of rotatable bonds is 5. The molecule has 2 atom stereocenters. The van der Waals surface area contributed by atoms with Crippen molar-refractivity contribution in [2.24, 2.45) is 11.8 Å². The van der Waals surface area contributed by atoms with E-state index in [-0.39, 0.29) is 5.91 Å². The topological polar surface area (TPSA) is 54.5 Å². The Morgan fingerprint density at radius 1 is 1.28 bits per heavy atom. The van der Waals surface area contributed by atoms with Crippen LogP contribution >= 0.6 is 22.9 Å². The van der Waals surface area contributed by atoms with Gasteiger partial charge in [0.2, 0.25) is 5.91 Å². The lowest BCUT2D eigenvalue weighted by molar-refractivity contribution is -0.129. The van der Waals surface area contributed by atoms with Gasteiger partial charge in [-0.25, -0.2) is 4.98 Å². The second-order valence-corrected chi connectivity index (χ2v) is 8.01. The summed E-state index contributed by atoms with van der Waals surface area (Å²) in [5, 5.41) is 6.91. The normalized spacial score (nSPS) is 22.2. The van der Waals surface area contributed by atoms with Crippen molar-refractivity contribution in [3.05, 3.63) is 45.4 Å². The fraction of sp³-hybridized carbons (Fsp3) is 0.444. The first-order valence-corrected chi connectivity index (χ1v) is 9.73. The Kier molecular flexibility index (Phi) is 4.92. The summed E-state index contributed by atoms with van der Waals surface area (Å²) in [7, 11) is 0. The Labute approximate surface area is 156 Å². The third-order valence-corrected chi connectivity index (χ3v) is 5.97. The number of carbonyl (C=O) groups excluding carboxylic acids is 1. The first-order valence-electron chi connectivity index (χ1n) is 8.47. The maximum atomic E-state index is 12.5. The van der Waals surface area contributed by atoms with Crippen molar-refractivity contribution in [3.8, 4) is 5.75 Å². The molecule has 132 valence electrons. The molecule has 0 aliphatic carbocycles. The molecule has 4 rings (SSSR count). The average molecular weight is 378 g/mol. The van der Waals surface area contributed by atoms with Gasteiger partial charge in [-0.1, -0.05) is 11.6 Å². The van der Waals surface area contributed by atoms with Gasteiger partial charge in [-0.3, -0.25) is 4.79 Å². The van der Waals surface area contributed by atoms with Gasteiger partial charge in [0.15, 0.2) is 0 Å². The lowest BCUT2D eigenvalue weighted by atomic mass is 10.0. The number of nitrogens with one attached hydrogen (secondary N) is 1. The molecule has 2 aliphatic heterocycles. The molecule has 0 unspecified atom stereocenters. The van der Waals surface area contributed by atoms with Gasteiger partial charge in [0.1, 0.15) is 17.4 Å². The standard InChI is InChI=1S/C18H20ClN3O2S/c19-14-1-3-16(4-2-14)24-10-17-21-15(11-25-17)5-18(23)22-8-12-6-20-7-13(12)9-22/h1-4,11-13,20H,5-10H2/t12-,13+. The minimum absolute atomic E-state index is 0.185. The number of benzene rings is 1. The molecule has 7 heteroatoms. The third-order valence-electron chi connectivity index (χ3n) is 4.85. The number of likely N-dealkylation sites (tertiary alicyclic amines) is 1. The highest BCUT2D eigenvalue weighted by Crippen LogP contribution is 2.27. The number of hydrogen-bond donors (Lipinski definition) is 1. The molecule has 2 aromatic rings. The highest BCUT2D eigenvalue weighted by molar-refractivity contribution is 7.09. The van der Waals surface area contributed by atoms with E-state index in [1.807, 2.05) is 22.4 Å². The van der Waals surface area contributed by atoms with Crippen LogP contribution in [-0.2, 0) is 17.8 Å². The summed E-state index contributed by atoms with van der Waals surface area (Å²) >= 11 is 7.39. The second-order valence-electron chi connectivity index (χ2n) is 6.63. The molecule has 2 saturated heterocycles. The molecule has 1 aromatic carbocycles. The number of hydrogen-bond acceptors (Lipinski definition) is 5. The van der Waals surface area contributed by atoms with Crippen LogP contribution in [0.1, 0.15) is 10.7 Å². The van der Waals surface area contributed by atoms with Crippen LogP contribution in [0.15, 0.2) is 29.6 Å². The van der Waals surface area contributed by atoms with Gasteiger partial charge >= 0.3 is 0 Å². The molecule has 0 saturated carbocycles. The molecule has 1 N–H and O–H groups in total. The molecule has 0 spiro atoms. The molecule has 0 radical (unpaired) electrons. The Balaban J connectivity index is 1.29. The quantitative estimate of drug-likeness (QED) is 0.870. The zero-order valence-electron chi connectivity index (χ0n) is 13.8. The molecule has 3 heterocycles. The van der Waals surface area contributed by atoms with Crippen molar-refractivity contribution in [1.29, 1.82) is 0 Å². The number of thiazole rings is 1. The summed E-state index contributed by atoms with van der Waals surface area (Å²) in [5.41, 5.74) is 0.833. The Hall–Kier alpha value is -1.63. The summed E-state index contributed by atoms with van der Waals surface area (Å²) < 4.78 is 5.70. The van der Waals surface area contributed by atoms with Crippen molar-refractivity contribution in [2.45, 2.75) is 13.0 Å². The predicted molar refractivity (Wildman–Crippen MR) is 98.0 cm³/mol. The van der Waals surface area contributed by atoms with Gasteiger partial charge in [0.25, 0.3) is 0 Å². The summed E-state index contributed by atoms with van der Waals surface area (Å²) in [6, 6.07) is 7.26. The summed E-state index contributed by atoms with van der Waals surface area (Å²) in [6.45, 7) is 4.25. The van der Waals surface area contributed by atoms with Crippen molar-refractivity contribution in [1.82, 2.24) is 15.2 Å². The first kappa shape index (κ1) is 16.8. The molecule has 5 nitrogen and oxygen atoms in total. The average Bonchev–Trinajstić information content (AvgIpc) is 3.30. The van der Waals surface area contributed by atoms with Crippen LogP contribution < -0.4 is 10.1 Å². The monoisotopic (exact) mass is 377 g/mol. The van der Waals surface area contributed by atoms with Gasteiger partial charge in [-0.05, 0) is 36.1 Å². The number of carbonyl (C=O) groups is 1. The van der Waals surface area contributed by atoms with E-state index in [2.05, 4.69) is 10.3 Å². The van der Waals surface area contributed by atoms with Gasteiger partial charge in [-0.2, -0.15) is 0 Å². The number of amides is 1. The number of ether oxygens (including phenoxy) is 1. The van der Waals surface area contributed by atoms with E-state index < -0.39 is 0 Å². The predicted octanol–water partition coefficient (Wildman–Crippen LogP) is 2.60. The molecule has 2 fully saturated rings. The van der Waals surface area contributed by atoms with Crippen LogP contribution in [0.25, 0.3) is 0 Å². The van der Waals surface area contributed by atoms with Crippen LogP contribution in [0, 0.1) is 11.8 Å².